The maximum Gasteiger partial charge on any atom is 0.333 e. The highest BCUT2D eigenvalue weighted by Crippen LogP contribution is 2.19. The van der Waals surface area contributed by atoms with Crippen LogP contribution in [0, 0.1) is 0 Å². The summed E-state index contributed by atoms with van der Waals surface area (Å²) >= 11 is 0. The second-order valence-corrected chi connectivity index (χ2v) is 3.43. The Morgan fingerprint density at radius 2 is 2.46 bits per heavy atom. The summed E-state index contributed by atoms with van der Waals surface area (Å²) in [4.78, 5) is 13.5. The Morgan fingerprint density at radius 3 is 3.00 bits per heavy atom. The smallest absolute Gasteiger partial charge is 0.333 e. The third-order valence-electron chi connectivity index (χ3n) is 2.62. The number of likely N-dealkylation sites (N-methyl/N-ethyl adjacent to an activating group) is 1. The summed E-state index contributed by atoms with van der Waals surface area (Å²) in [7, 11) is 3.52. The molecule has 1 aliphatic heterocycles. The van der Waals surface area contributed by atoms with E-state index in [-0.39, 0.29) is 5.97 Å². The largest absolute Gasteiger partial charge is 0.466 e. The first kappa shape index (κ1) is 10.3. The van der Waals surface area contributed by atoms with Crippen LogP contribution in [-0.2, 0) is 9.53 Å². The fraction of sp³-hybridized carbons (Fsp3) is 0.700. The maximum absolute atomic E-state index is 11.2. The van der Waals surface area contributed by atoms with Crippen molar-refractivity contribution in [2.24, 2.45) is 0 Å². The molecule has 0 fully saturated rings. The molecule has 3 heteroatoms. The van der Waals surface area contributed by atoms with E-state index in [0.29, 0.717) is 6.04 Å². The second kappa shape index (κ2) is 4.42. The number of esters is 1. The average molecular weight is 183 g/mol. The zero-order valence-corrected chi connectivity index (χ0v) is 8.54. The van der Waals surface area contributed by atoms with Gasteiger partial charge in [0, 0.05) is 18.2 Å². The number of carbonyl (C=O) groups excluding carboxylic acids is 1. The Kier molecular flexibility index (Phi) is 3.48. The van der Waals surface area contributed by atoms with Gasteiger partial charge < -0.3 is 4.74 Å². The molecule has 0 aliphatic carbocycles. The molecule has 0 amide bonds. The van der Waals surface area contributed by atoms with Gasteiger partial charge in [0.05, 0.1) is 7.11 Å². The van der Waals surface area contributed by atoms with Crippen LogP contribution in [-0.4, -0.2) is 37.6 Å². The van der Waals surface area contributed by atoms with Gasteiger partial charge in [-0.1, -0.05) is 13.0 Å². The molecule has 1 atom stereocenters. The Morgan fingerprint density at radius 1 is 1.77 bits per heavy atom. The molecule has 0 radical (unpaired) electrons. The van der Waals surface area contributed by atoms with Gasteiger partial charge in [0.2, 0.25) is 0 Å². The fourth-order valence-electron chi connectivity index (χ4n) is 1.65. The molecule has 0 aromatic carbocycles. The molecule has 0 unspecified atom stereocenters. The van der Waals surface area contributed by atoms with E-state index in [0.717, 1.165) is 25.0 Å². The molecule has 0 saturated carbocycles. The fourth-order valence-corrected chi connectivity index (χ4v) is 1.65. The lowest BCUT2D eigenvalue weighted by Gasteiger charge is -2.30. The summed E-state index contributed by atoms with van der Waals surface area (Å²) in [5, 5.41) is 0. The average Bonchev–Trinajstić information content (AvgIpc) is 2.17. The van der Waals surface area contributed by atoms with Crippen LogP contribution in [0.3, 0.4) is 0 Å². The number of rotatable bonds is 2. The molecule has 1 aliphatic rings. The summed E-state index contributed by atoms with van der Waals surface area (Å²) < 4.78 is 4.69. The number of hydrogen-bond donors (Lipinski definition) is 0. The molecular formula is C10H17NO2. The molecular weight excluding hydrogens is 166 g/mol. The van der Waals surface area contributed by atoms with Crippen LogP contribution in [0.1, 0.15) is 19.8 Å². The van der Waals surface area contributed by atoms with Crippen molar-refractivity contribution in [3.05, 3.63) is 11.6 Å². The van der Waals surface area contributed by atoms with Crippen molar-refractivity contribution < 1.29 is 9.53 Å². The van der Waals surface area contributed by atoms with Gasteiger partial charge >= 0.3 is 5.97 Å². The number of methoxy groups -OCH3 is 1. The SMILES string of the molecule is CC[C@@H]1CC(C(=O)OC)=CCN1C. The zero-order valence-electron chi connectivity index (χ0n) is 8.54. The van der Waals surface area contributed by atoms with E-state index in [1.54, 1.807) is 0 Å². The molecule has 0 N–H and O–H groups in total. The topological polar surface area (TPSA) is 29.5 Å². The standard InChI is InChI=1S/C10H17NO2/c1-4-9-7-8(10(12)13-3)5-6-11(9)2/h5,9H,4,6-7H2,1-3H3/t9-/m1/s1. The Balaban J connectivity index is 2.65. The number of ether oxygens (including phenoxy) is 1. The third-order valence-corrected chi connectivity index (χ3v) is 2.62. The van der Waals surface area contributed by atoms with Crippen molar-refractivity contribution in [1.29, 1.82) is 0 Å². The zero-order chi connectivity index (χ0) is 9.84. The van der Waals surface area contributed by atoms with Crippen LogP contribution < -0.4 is 0 Å². The van der Waals surface area contributed by atoms with Crippen molar-refractivity contribution in [1.82, 2.24) is 4.90 Å². The summed E-state index contributed by atoms with van der Waals surface area (Å²) in [6.07, 6.45) is 3.85. The number of hydrogen-bond acceptors (Lipinski definition) is 3. The van der Waals surface area contributed by atoms with Gasteiger partial charge in [-0.3, -0.25) is 4.90 Å². The lowest BCUT2D eigenvalue weighted by Crippen LogP contribution is -2.36. The Labute approximate surface area is 79.4 Å². The summed E-state index contributed by atoms with van der Waals surface area (Å²) in [5.74, 6) is -0.174. The molecule has 0 spiro atoms. The first-order chi connectivity index (χ1) is 6.19. The van der Waals surface area contributed by atoms with Crippen LogP contribution in [0.15, 0.2) is 11.6 Å². The number of nitrogens with zero attached hydrogens (tertiary/aromatic N) is 1. The van der Waals surface area contributed by atoms with Crippen LogP contribution in [0.25, 0.3) is 0 Å². The quantitative estimate of drug-likeness (QED) is 0.602. The summed E-state index contributed by atoms with van der Waals surface area (Å²) in [6, 6.07) is 0.485. The summed E-state index contributed by atoms with van der Waals surface area (Å²) in [6.45, 7) is 2.99. The first-order valence-electron chi connectivity index (χ1n) is 4.66. The van der Waals surface area contributed by atoms with Gasteiger partial charge in [0.1, 0.15) is 0 Å². The van der Waals surface area contributed by atoms with Crippen LogP contribution in [0.4, 0.5) is 0 Å². The highest BCUT2D eigenvalue weighted by molar-refractivity contribution is 5.88. The van der Waals surface area contributed by atoms with Gasteiger partial charge in [0.15, 0.2) is 0 Å². The second-order valence-electron chi connectivity index (χ2n) is 3.43. The monoisotopic (exact) mass is 183 g/mol. The molecule has 1 rings (SSSR count). The van der Waals surface area contributed by atoms with Crippen LogP contribution >= 0.6 is 0 Å². The first-order valence-corrected chi connectivity index (χ1v) is 4.66. The van der Waals surface area contributed by atoms with Crippen molar-refractivity contribution in [3.63, 3.8) is 0 Å². The molecule has 0 aromatic rings. The molecule has 0 saturated heterocycles. The van der Waals surface area contributed by atoms with E-state index in [1.807, 2.05) is 6.08 Å². The third kappa shape index (κ3) is 2.31. The lowest BCUT2D eigenvalue weighted by molar-refractivity contribution is -0.136. The molecule has 13 heavy (non-hydrogen) atoms. The van der Waals surface area contributed by atoms with Crippen LogP contribution in [0.5, 0.6) is 0 Å². The van der Waals surface area contributed by atoms with E-state index in [4.69, 9.17) is 4.74 Å². The van der Waals surface area contributed by atoms with Crippen molar-refractivity contribution in [3.8, 4) is 0 Å². The minimum atomic E-state index is -0.174. The van der Waals surface area contributed by atoms with Crippen molar-refractivity contribution in [2.75, 3.05) is 20.7 Å². The van der Waals surface area contributed by atoms with E-state index in [1.165, 1.54) is 7.11 Å². The number of carbonyl (C=O) groups is 1. The maximum atomic E-state index is 11.2. The van der Waals surface area contributed by atoms with E-state index < -0.39 is 0 Å². The van der Waals surface area contributed by atoms with E-state index in [2.05, 4.69) is 18.9 Å². The van der Waals surface area contributed by atoms with Gasteiger partial charge in [-0.2, -0.15) is 0 Å². The lowest BCUT2D eigenvalue weighted by atomic mass is 9.99. The minimum Gasteiger partial charge on any atom is -0.466 e. The predicted molar refractivity (Wildman–Crippen MR) is 51.4 cm³/mol. The normalized spacial score (nSPS) is 23.9. The van der Waals surface area contributed by atoms with Crippen molar-refractivity contribution >= 4 is 5.97 Å². The van der Waals surface area contributed by atoms with Crippen molar-refractivity contribution in [2.45, 2.75) is 25.8 Å². The van der Waals surface area contributed by atoms with E-state index >= 15 is 0 Å². The highest BCUT2D eigenvalue weighted by Gasteiger charge is 2.22. The van der Waals surface area contributed by atoms with Gasteiger partial charge in [-0.15, -0.1) is 0 Å². The Hall–Kier alpha value is -0.830. The van der Waals surface area contributed by atoms with E-state index in [9.17, 15) is 4.79 Å². The molecule has 0 bridgehead atoms. The van der Waals surface area contributed by atoms with Gasteiger partial charge in [0.25, 0.3) is 0 Å². The van der Waals surface area contributed by atoms with Gasteiger partial charge in [-0.25, -0.2) is 4.79 Å². The van der Waals surface area contributed by atoms with Crippen LogP contribution in [0.2, 0.25) is 0 Å². The molecule has 1 heterocycles. The minimum absolute atomic E-state index is 0.174. The Bertz CT molecular complexity index is 223. The highest BCUT2D eigenvalue weighted by atomic mass is 16.5. The van der Waals surface area contributed by atoms with Gasteiger partial charge in [-0.05, 0) is 19.9 Å². The molecule has 0 aromatic heterocycles. The predicted octanol–water partition coefficient (Wildman–Crippen LogP) is 1.20. The summed E-state index contributed by atoms with van der Waals surface area (Å²) in [5.41, 5.74) is 0.826. The molecule has 3 nitrogen and oxygen atoms in total. The molecule has 74 valence electrons.